The van der Waals surface area contributed by atoms with Crippen LogP contribution in [0.4, 0.5) is 0 Å². The van der Waals surface area contributed by atoms with Crippen LogP contribution in [-0.2, 0) is 28.2 Å². The first-order valence-corrected chi connectivity index (χ1v) is 10.8. The Morgan fingerprint density at radius 2 is 1.69 bits per heavy atom. The molecule has 0 aliphatic carbocycles. The average molecular weight is 433 g/mol. The van der Waals surface area contributed by atoms with Crippen molar-refractivity contribution in [2.45, 2.75) is 11.2 Å². The van der Waals surface area contributed by atoms with Gasteiger partial charge >= 0.3 is 0 Å². The fourth-order valence-electron chi connectivity index (χ4n) is 3.35. The number of aliphatic hydroxyl groups excluding tert-OH is 1. The minimum absolute atomic E-state index is 0.0866. The van der Waals surface area contributed by atoms with E-state index in [-0.39, 0.29) is 12.2 Å². The largest absolute Gasteiger partial charge is 0.394 e. The number of benzene rings is 2. The Hall–Kier alpha value is -2.45. The van der Waals surface area contributed by atoms with Gasteiger partial charge in [-0.3, -0.25) is 4.79 Å². The standard InChI is InChI=1S/C21H21ClN2O4S/c1-24-18(11-12-19(24)20(26)15-7-9-17(22)10-8-15)13-21(14-25,29(23,27)28)16-5-3-2-4-6-16/h2-12,25H,13-14H2,1H3,(H2,23,27,28). The molecule has 6 nitrogen and oxygen atoms in total. The van der Waals surface area contributed by atoms with Gasteiger partial charge in [-0.25, -0.2) is 13.6 Å². The summed E-state index contributed by atoms with van der Waals surface area (Å²) in [6, 6.07) is 18.2. The molecule has 1 heterocycles. The minimum Gasteiger partial charge on any atom is -0.394 e. The van der Waals surface area contributed by atoms with E-state index in [0.717, 1.165) is 0 Å². The maximum Gasteiger partial charge on any atom is 0.221 e. The third-order valence-electron chi connectivity index (χ3n) is 5.13. The number of nitrogens with zero attached hydrogens (tertiary/aromatic N) is 1. The van der Waals surface area contributed by atoms with Crippen LogP contribution < -0.4 is 5.14 Å². The van der Waals surface area contributed by atoms with Crippen LogP contribution in [-0.4, -0.2) is 30.5 Å². The van der Waals surface area contributed by atoms with Crippen LogP contribution in [0, 0.1) is 0 Å². The predicted molar refractivity (Wildman–Crippen MR) is 112 cm³/mol. The molecular weight excluding hydrogens is 412 g/mol. The first kappa shape index (κ1) is 21.3. The highest BCUT2D eigenvalue weighted by Gasteiger charge is 2.44. The van der Waals surface area contributed by atoms with E-state index < -0.39 is 21.4 Å². The molecule has 2 aromatic carbocycles. The molecule has 0 saturated heterocycles. The number of primary sulfonamides is 1. The number of hydrogen-bond acceptors (Lipinski definition) is 4. The lowest BCUT2D eigenvalue weighted by molar-refractivity contribution is 0.103. The first-order chi connectivity index (χ1) is 13.7. The molecule has 0 saturated carbocycles. The Labute approximate surface area is 174 Å². The van der Waals surface area contributed by atoms with E-state index in [2.05, 4.69) is 0 Å². The third kappa shape index (κ3) is 4.00. The zero-order valence-corrected chi connectivity index (χ0v) is 17.3. The Balaban J connectivity index is 2.03. The summed E-state index contributed by atoms with van der Waals surface area (Å²) < 4.78 is 24.9. The summed E-state index contributed by atoms with van der Waals surface area (Å²) in [5.41, 5.74) is 1.78. The van der Waals surface area contributed by atoms with Crippen LogP contribution in [0.25, 0.3) is 0 Å². The summed E-state index contributed by atoms with van der Waals surface area (Å²) in [4.78, 5) is 12.8. The van der Waals surface area contributed by atoms with Crippen LogP contribution in [0.5, 0.6) is 0 Å². The summed E-state index contributed by atoms with van der Waals surface area (Å²) in [5, 5.41) is 16.2. The van der Waals surface area contributed by atoms with Crippen LogP contribution in [0.2, 0.25) is 5.02 Å². The molecule has 0 aliphatic heterocycles. The molecule has 0 fully saturated rings. The van der Waals surface area contributed by atoms with E-state index in [1.807, 2.05) is 0 Å². The van der Waals surface area contributed by atoms with Crippen molar-refractivity contribution in [1.82, 2.24) is 4.57 Å². The van der Waals surface area contributed by atoms with Crippen molar-refractivity contribution in [1.29, 1.82) is 0 Å². The number of carbonyl (C=O) groups excluding carboxylic acids is 1. The molecule has 8 heteroatoms. The van der Waals surface area contributed by atoms with Gasteiger partial charge in [-0.05, 0) is 42.0 Å². The molecule has 29 heavy (non-hydrogen) atoms. The monoisotopic (exact) mass is 432 g/mol. The minimum atomic E-state index is -4.18. The second-order valence-corrected chi connectivity index (χ2v) is 9.15. The van der Waals surface area contributed by atoms with Gasteiger partial charge in [0.25, 0.3) is 0 Å². The van der Waals surface area contributed by atoms with Gasteiger partial charge in [0.15, 0.2) is 0 Å². The normalized spacial score (nSPS) is 13.8. The highest BCUT2D eigenvalue weighted by atomic mass is 35.5. The van der Waals surface area contributed by atoms with Crippen molar-refractivity contribution in [2.24, 2.45) is 12.2 Å². The number of ketones is 1. The number of rotatable bonds is 7. The quantitative estimate of drug-likeness (QED) is 0.560. The lowest BCUT2D eigenvalue weighted by Crippen LogP contribution is -2.46. The van der Waals surface area contributed by atoms with Gasteiger partial charge in [-0.15, -0.1) is 0 Å². The molecule has 1 atom stereocenters. The average Bonchev–Trinajstić information content (AvgIpc) is 3.06. The van der Waals surface area contributed by atoms with Crippen LogP contribution in [0.15, 0.2) is 66.7 Å². The lowest BCUT2D eigenvalue weighted by atomic mass is 9.94. The van der Waals surface area contributed by atoms with Gasteiger partial charge in [0.05, 0.1) is 12.3 Å². The SMILES string of the molecule is Cn1c(CC(CO)(c2ccccc2)S(N)(=O)=O)ccc1C(=O)c1ccc(Cl)cc1. The van der Waals surface area contributed by atoms with Gasteiger partial charge in [0.2, 0.25) is 15.8 Å². The fourth-order valence-corrected chi connectivity index (χ4v) is 4.47. The van der Waals surface area contributed by atoms with Crippen LogP contribution >= 0.6 is 11.6 Å². The summed E-state index contributed by atoms with van der Waals surface area (Å²) in [7, 11) is -2.50. The predicted octanol–water partition coefficient (Wildman–Crippen LogP) is 2.63. The van der Waals surface area contributed by atoms with Gasteiger partial charge < -0.3 is 9.67 Å². The molecule has 3 rings (SSSR count). The van der Waals surface area contributed by atoms with E-state index in [4.69, 9.17) is 16.7 Å². The highest BCUT2D eigenvalue weighted by Crippen LogP contribution is 2.33. The molecular formula is C21H21ClN2O4S. The Morgan fingerprint density at radius 3 is 2.24 bits per heavy atom. The smallest absolute Gasteiger partial charge is 0.221 e. The lowest BCUT2D eigenvalue weighted by Gasteiger charge is -2.30. The maximum absolute atomic E-state index is 12.8. The van der Waals surface area contributed by atoms with Gasteiger partial charge in [-0.2, -0.15) is 0 Å². The van der Waals surface area contributed by atoms with Crippen LogP contribution in [0.3, 0.4) is 0 Å². The number of sulfonamides is 1. The molecule has 152 valence electrons. The summed E-state index contributed by atoms with van der Waals surface area (Å²) in [6.45, 7) is -0.693. The molecule has 1 unspecified atom stereocenters. The van der Waals surface area contributed by atoms with Gasteiger partial charge in [0.1, 0.15) is 4.75 Å². The van der Waals surface area contributed by atoms with E-state index in [9.17, 15) is 18.3 Å². The molecule has 3 N–H and O–H groups in total. The van der Waals surface area contributed by atoms with Gasteiger partial charge in [0, 0.05) is 29.7 Å². The van der Waals surface area contributed by atoms with Crippen molar-refractivity contribution >= 4 is 27.4 Å². The zero-order chi connectivity index (χ0) is 21.2. The van der Waals surface area contributed by atoms with Crippen molar-refractivity contribution in [3.63, 3.8) is 0 Å². The van der Waals surface area contributed by atoms with Crippen molar-refractivity contribution in [3.8, 4) is 0 Å². The Morgan fingerprint density at radius 1 is 1.07 bits per heavy atom. The number of aromatic nitrogens is 1. The number of aliphatic hydroxyl groups is 1. The summed E-state index contributed by atoms with van der Waals surface area (Å²) in [5.74, 6) is -0.222. The summed E-state index contributed by atoms with van der Waals surface area (Å²) in [6.07, 6.45) is -0.0866. The molecule has 0 aliphatic rings. The number of halogens is 1. The molecule has 1 aromatic heterocycles. The second-order valence-electron chi connectivity index (χ2n) is 6.85. The fraction of sp³-hybridized carbons (Fsp3) is 0.190. The molecule has 3 aromatic rings. The van der Waals surface area contributed by atoms with E-state index in [1.54, 1.807) is 78.3 Å². The maximum atomic E-state index is 12.8. The Kier molecular flexibility index (Phi) is 5.95. The van der Waals surface area contributed by atoms with Crippen LogP contribution in [0.1, 0.15) is 27.3 Å². The topological polar surface area (TPSA) is 102 Å². The second kappa shape index (κ2) is 8.12. The highest BCUT2D eigenvalue weighted by molar-refractivity contribution is 7.90. The van der Waals surface area contributed by atoms with Crippen molar-refractivity contribution in [2.75, 3.05) is 6.61 Å². The first-order valence-electron chi connectivity index (χ1n) is 8.83. The molecule has 0 spiro atoms. The molecule has 0 amide bonds. The molecule has 0 radical (unpaired) electrons. The third-order valence-corrected chi connectivity index (χ3v) is 6.98. The van der Waals surface area contributed by atoms with Crippen molar-refractivity contribution < 1.29 is 18.3 Å². The van der Waals surface area contributed by atoms with E-state index in [1.165, 1.54) is 0 Å². The molecule has 0 bridgehead atoms. The van der Waals surface area contributed by atoms with E-state index in [0.29, 0.717) is 27.5 Å². The zero-order valence-electron chi connectivity index (χ0n) is 15.7. The van der Waals surface area contributed by atoms with Gasteiger partial charge in [-0.1, -0.05) is 41.9 Å². The number of carbonyl (C=O) groups is 1. The number of hydrogen-bond donors (Lipinski definition) is 2. The number of nitrogens with two attached hydrogens (primary N) is 1. The van der Waals surface area contributed by atoms with Crippen molar-refractivity contribution in [3.05, 3.63) is 94.3 Å². The Bertz CT molecular complexity index is 1130. The summed E-state index contributed by atoms with van der Waals surface area (Å²) >= 11 is 5.88. The van der Waals surface area contributed by atoms with E-state index >= 15 is 0 Å².